The monoisotopic (exact) mass is 281 g/mol. The average Bonchev–Trinajstić information content (AvgIpc) is 2.37. The van der Waals surface area contributed by atoms with E-state index in [0.717, 1.165) is 17.7 Å². The van der Waals surface area contributed by atoms with Crippen LogP contribution in [-0.4, -0.2) is 6.54 Å². The Balaban J connectivity index is 2.25. The average molecular weight is 282 g/mol. The zero-order chi connectivity index (χ0) is 13.0. The predicted molar refractivity (Wildman–Crippen MR) is 75.7 cm³/mol. The first-order valence-corrected chi connectivity index (χ1v) is 6.37. The molecule has 2 aromatic rings. The third kappa shape index (κ3) is 3.16. The lowest BCUT2D eigenvalue weighted by atomic mass is 10.1. The standard InChI is InChI=1S/C14H13Cl2NO/c15-12-6-5-11(9-13(12)16)18-14-4-2-1-3-10(14)7-8-17/h1-6,9H,7-8,17H2. The molecule has 0 aliphatic heterocycles. The quantitative estimate of drug-likeness (QED) is 0.908. The summed E-state index contributed by atoms with van der Waals surface area (Å²) < 4.78 is 5.80. The Morgan fingerprint density at radius 2 is 1.78 bits per heavy atom. The maximum Gasteiger partial charge on any atom is 0.130 e. The number of nitrogens with two attached hydrogens (primary N) is 1. The van der Waals surface area contributed by atoms with Gasteiger partial charge in [-0.2, -0.15) is 0 Å². The second-order valence-electron chi connectivity index (χ2n) is 3.82. The Morgan fingerprint density at radius 3 is 2.50 bits per heavy atom. The van der Waals surface area contributed by atoms with Gasteiger partial charge in [-0.15, -0.1) is 0 Å². The summed E-state index contributed by atoms with van der Waals surface area (Å²) in [5.41, 5.74) is 6.65. The highest BCUT2D eigenvalue weighted by Crippen LogP contribution is 2.30. The predicted octanol–water partition coefficient (Wildman–Crippen LogP) is 4.29. The van der Waals surface area contributed by atoms with E-state index in [1.54, 1.807) is 18.2 Å². The van der Waals surface area contributed by atoms with Gasteiger partial charge in [0.1, 0.15) is 11.5 Å². The molecule has 0 heterocycles. The van der Waals surface area contributed by atoms with Gasteiger partial charge in [0.2, 0.25) is 0 Å². The van der Waals surface area contributed by atoms with Crippen molar-refractivity contribution in [1.29, 1.82) is 0 Å². The molecule has 0 fully saturated rings. The van der Waals surface area contributed by atoms with Gasteiger partial charge in [-0.1, -0.05) is 41.4 Å². The van der Waals surface area contributed by atoms with Gasteiger partial charge in [-0.3, -0.25) is 0 Å². The number of para-hydroxylation sites is 1. The van der Waals surface area contributed by atoms with E-state index in [-0.39, 0.29) is 0 Å². The molecule has 18 heavy (non-hydrogen) atoms. The van der Waals surface area contributed by atoms with Crippen molar-refractivity contribution in [2.75, 3.05) is 6.54 Å². The van der Waals surface area contributed by atoms with Crippen LogP contribution in [0.4, 0.5) is 0 Å². The SMILES string of the molecule is NCCc1ccccc1Oc1ccc(Cl)c(Cl)c1. The molecule has 0 bridgehead atoms. The summed E-state index contributed by atoms with van der Waals surface area (Å²) in [5.74, 6) is 1.45. The van der Waals surface area contributed by atoms with Gasteiger partial charge in [0.25, 0.3) is 0 Å². The van der Waals surface area contributed by atoms with Crippen LogP contribution in [0.3, 0.4) is 0 Å². The number of hydrogen-bond acceptors (Lipinski definition) is 2. The van der Waals surface area contributed by atoms with Crippen LogP contribution in [0.25, 0.3) is 0 Å². The van der Waals surface area contributed by atoms with Crippen molar-refractivity contribution in [2.24, 2.45) is 5.73 Å². The van der Waals surface area contributed by atoms with Gasteiger partial charge in [0.05, 0.1) is 10.0 Å². The smallest absolute Gasteiger partial charge is 0.130 e. The van der Waals surface area contributed by atoms with E-state index in [1.807, 2.05) is 24.3 Å². The summed E-state index contributed by atoms with van der Waals surface area (Å²) in [6.07, 6.45) is 0.775. The Bertz CT molecular complexity index is 543. The normalized spacial score (nSPS) is 10.4. The number of ether oxygens (including phenoxy) is 1. The molecule has 2 N–H and O–H groups in total. The van der Waals surface area contributed by atoms with Gasteiger partial charge in [0, 0.05) is 6.07 Å². The topological polar surface area (TPSA) is 35.2 Å². The maximum atomic E-state index is 5.95. The van der Waals surface area contributed by atoms with E-state index in [0.29, 0.717) is 22.3 Å². The lowest BCUT2D eigenvalue weighted by molar-refractivity contribution is 0.476. The fourth-order valence-electron chi connectivity index (χ4n) is 1.63. The molecule has 0 aliphatic carbocycles. The van der Waals surface area contributed by atoms with Crippen LogP contribution in [-0.2, 0) is 6.42 Å². The molecule has 94 valence electrons. The largest absolute Gasteiger partial charge is 0.457 e. The summed E-state index contributed by atoms with van der Waals surface area (Å²) >= 11 is 11.8. The summed E-state index contributed by atoms with van der Waals surface area (Å²) in [6, 6.07) is 13.0. The number of halogens is 2. The molecule has 4 heteroatoms. The Labute approximate surface area is 116 Å². The lowest BCUT2D eigenvalue weighted by Crippen LogP contribution is -2.03. The van der Waals surface area contributed by atoms with Gasteiger partial charge in [-0.25, -0.2) is 0 Å². The van der Waals surface area contributed by atoms with Crippen LogP contribution in [0, 0.1) is 0 Å². The zero-order valence-electron chi connectivity index (χ0n) is 9.70. The lowest BCUT2D eigenvalue weighted by Gasteiger charge is -2.11. The Hall–Kier alpha value is -1.22. The molecule has 0 aliphatic rings. The second kappa shape index (κ2) is 6.10. The van der Waals surface area contributed by atoms with E-state index >= 15 is 0 Å². The van der Waals surface area contributed by atoms with E-state index in [4.69, 9.17) is 33.7 Å². The maximum absolute atomic E-state index is 5.95. The van der Waals surface area contributed by atoms with Crippen molar-refractivity contribution in [1.82, 2.24) is 0 Å². The van der Waals surface area contributed by atoms with Gasteiger partial charge < -0.3 is 10.5 Å². The number of benzene rings is 2. The molecule has 0 spiro atoms. The molecular formula is C14H13Cl2NO. The van der Waals surface area contributed by atoms with Crippen molar-refractivity contribution in [3.05, 3.63) is 58.1 Å². The second-order valence-corrected chi connectivity index (χ2v) is 4.64. The van der Waals surface area contributed by atoms with Crippen LogP contribution in [0.2, 0.25) is 10.0 Å². The van der Waals surface area contributed by atoms with Crippen molar-refractivity contribution >= 4 is 23.2 Å². The molecule has 2 aromatic carbocycles. The molecule has 0 radical (unpaired) electrons. The van der Waals surface area contributed by atoms with Gasteiger partial charge >= 0.3 is 0 Å². The van der Waals surface area contributed by atoms with Crippen LogP contribution in [0.15, 0.2) is 42.5 Å². The minimum Gasteiger partial charge on any atom is -0.457 e. The minimum atomic E-state index is 0.477. The van der Waals surface area contributed by atoms with E-state index in [1.165, 1.54) is 0 Å². The third-order valence-electron chi connectivity index (χ3n) is 2.51. The van der Waals surface area contributed by atoms with Gasteiger partial charge in [0.15, 0.2) is 0 Å². The van der Waals surface area contributed by atoms with Crippen LogP contribution in [0.1, 0.15) is 5.56 Å². The molecule has 0 saturated carbocycles. The van der Waals surface area contributed by atoms with Crippen molar-refractivity contribution in [3.8, 4) is 11.5 Å². The third-order valence-corrected chi connectivity index (χ3v) is 3.24. The van der Waals surface area contributed by atoms with E-state index in [9.17, 15) is 0 Å². The Morgan fingerprint density at radius 1 is 1.00 bits per heavy atom. The summed E-state index contributed by atoms with van der Waals surface area (Å²) in [7, 11) is 0. The first kappa shape index (κ1) is 13.2. The van der Waals surface area contributed by atoms with Crippen LogP contribution < -0.4 is 10.5 Å². The number of rotatable bonds is 4. The first-order valence-electron chi connectivity index (χ1n) is 5.61. The number of hydrogen-bond donors (Lipinski definition) is 1. The molecule has 0 aromatic heterocycles. The van der Waals surface area contributed by atoms with Crippen molar-refractivity contribution in [3.63, 3.8) is 0 Å². The van der Waals surface area contributed by atoms with Crippen molar-refractivity contribution in [2.45, 2.75) is 6.42 Å². The fourth-order valence-corrected chi connectivity index (χ4v) is 1.92. The molecule has 0 unspecified atom stereocenters. The summed E-state index contributed by atoms with van der Waals surface area (Å²) in [5, 5.41) is 0.990. The van der Waals surface area contributed by atoms with Crippen molar-refractivity contribution < 1.29 is 4.74 Å². The van der Waals surface area contributed by atoms with Crippen LogP contribution >= 0.6 is 23.2 Å². The Kier molecular flexibility index (Phi) is 4.48. The highest BCUT2D eigenvalue weighted by molar-refractivity contribution is 6.42. The fraction of sp³-hybridized carbons (Fsp3) is 0.143. The van der Waals surface area contributed by atoms with E-state index in [2.05, 4.69) is 0 Å². The first-order chi connectivity index (χ1) is 8.70. The highest BCUT2D eigenvalue weighted by Gasteiger charge is 2.05. The molecule has 2 rings (SSSR count). The van der Waals surface area contributed by atoms with Gasteiger partial charge in [-0.05, 0) is 36.7 Å². The molecule has 0 atom stereocenters. The molecule has 2 nitrogen and oxygen atoms in total. The molecule has 0 saturated heterocycles. The highest BCUT2D eigenvalue weighted by atomic mass is 35.5. The molecular weight excluding hydrogens is 269 g/mol. The summed E-state index contributed by atoms with van der Waals surface area (Å²) in [4.78, 5) is 0. The van der Waals surface area contributed by atoms with Crippen LogP contribution in [0.5, 0.6) is 11.5 Å². The zero-order valence-corrected chi connectivity index (χ0v) is 11.2. The molecule has 0 amide bonds. The minimum absolute atomic E-state index is 0.477. The summed E-state index contributed by atoms with van der Waals surface area (Å²) in [6.45, 7) is 0.585. The van der Waals surface area contributed by atoms with E-state index < -0.39 is 0 Å².